The van der Waals surface area contributed by atoms with Crippen LogP contribution in [0.3, 0.4) is 0 Å². The predicted molar refractivity (Wildman–Crippen MR) is 316 cm³/mol. The molecule has 0 saturated carbocycles. The number of fused-ring (bicyclic) bond motifs is 8. The van der Waals surface area contributed by atoms with E-state index in [0.717, 1.165) is 106 Å². The third-order valence-electron chi connectivity index (χ3n) is 15.7. The van der Waals surface area contributed by atoms with Crippen LogP contribution in [0.25, 0.3) is 43.9 Å². The zero-order valence-corrected chi connectivity index (χ0v) is 42.8. The maximum absolute atomic E-state index is 6.77. The standard InChI is InChI=1S/C71H53N3O2/c1-46-32-34-48(3)65(44-46)73(63-28-16-22-57-55-20-8-14-30-67(55)75-69(57)63)53-40-36-50(37-41-53)71(59-24-10-12-26-61(59)72(52-18-6-5-7-19-52)62-27-13-11-25-60(62)71)51-38-42-54(43-39-51)74(66-45-47(2)33-35-49(66)4)64-29-17-23-58-56-21-9-15-31-68(56)76-70(58)64/h5-45H,1-4H3. The van der Waals surface area contributed by atoms with Crippen molar-refractivity contribution in [3.05, 3.63) is 293 Å². The van der Waals surface area contributed by atoms with E-state index in [1.807, 2.05) is 12.1 Å². The van der Waals surface area contributed by atoms with Crippen molar-refractivity contribution in [2.45, 2.75) is 33.1 Å². The molecular weight excluding hydrogens is 927 g/mol. The van der Waals surface area contributed by atoms with Crippen LogP contribution >= 0.6 is 0 Å². The molecular formula is C71H53N3O2. The fraction of sp³-hybridized carbons (Fsp3) is 0.0704. The second kappa shape index (κ2) is 17.8. The average Bonchev–Trinajstić information content (AvgIpc) is 4.09. The van der Waals surface area contributed by atoms with E-state index in [2.05, 4.69) is 279 Å². The Hall–Kier alpha value is -9.58. The molecule has 0 bridgehead atoms. The third-order valence-corrected chi connectivity index (χ3v) is 15.7. The smallest absolute Gasteiger partial charge is 0.159 e. The minimum Gasteiger partial charge on any atom is -0.454 e. The van der Waals surface area contributed by atoms with Gasteiger partial charge in [0.05, 0.1) is 28.2 Å². The third kappa shape index (κ3) is 7.00. The van der Waals surface area contributed by atoms with E-state index >= 15 is 0 Å². The molecule has 5 nitrogen and oxygen atoms in total. The summed E-state index contributed by atoms with van der Waals surface area (Å²) in [6.07, 6.45) is 0. The molecule has 3 heterocycles. The van der Waals surface area contributed by atoms with E-state index in [0.29, 0.717) is 0 Å². The molecule has 0 unspecified atom stereocenters. The lowest BCUT2D eigenvalue weighted by Crippen LogP contribution is -2.37. The maximum Gasteiger partial charge on any atom is 0.159 e. The molecule has 2 aromatic heterocycles. The van der Waals surface area contributed by atoms with Crippen molar-refractivity contribution in [2.75, 3.05) is 14.7 Å². The maximum atomic E-state index is 6.77. The van der Waals surface area contributed by atoms with Gasteiger partial charge < -0.3 is 23.5 Å². The number of anilines is 9. The van der Waals surface area contributed by atoms with Crippen molar-refractivity contribution in [1.82, 2.24) is 0 Å². The highest BCUT2D eigenvalue weighted by Gasteiger charge is 2.46. The lowest BCUT2D eigenvalue weighted by Gasteiger charge is -2.46. The quantitative estimate of drug-likeness (QED) is 0.144. The molecule has 0 radical (unpaired) electrons. The number of furan rings is 2. The van der Waals surface area contributed by atoms with Gasteiger partial charge in [-0.3, -0.25) is 0 Å². The van der Waals surface area contributed by atoms with Crippen molar-refractivity contribution < 1.29 is 8.83 Å². The van der Waals surface area contributed by atoms with Gasteiger partial charge in [-0.15, -0.1) is 0 Å². The summed E-state index contributed by atoms with van der Waals surface area (Å²) in [5.41, 5.74) is 21.7. The van der Waals surface area contributed by atoms with Crippen LogP contribution in [-0.4, -0.2) is 0 Å². The number of benzene rings is 11. The fourth-order valence-electron chi connectivity index (χ4n) is 12.2. The predicted octanol–water partition coefficient (Wildman–Crippen LogP) is 19.8. The van der Waals surface area contributed by atoms with Gasteiger partial charge in [-0.2, -0.15) is 0 Å². The number of para-hydroxylation sites is 7. The van der Waals surface area contributed by atoms with Gasteiger partial charge in [0.2, 0.25) is 0 Å². The Balaban J connectivity index is 0.999. The number of hydrogen-bond donors (Lipinski definition) is 0. The molecule has 0 spiro atoms. The van der Waals surface area contributed by atoms with Gasteiger partial charge in [0, 0.05) is 50.0 Å². The van der Waals surface area contributed by atoms with E-state index in [-0.39, 0.29) is 0 Å². The summed E-state index contributed by atoms with van der Waals surface area (Å²) in [6.45, 7) is 8.72. The molecule has 0 amide bonds. The second-order valence-electron chi connectivity index (χ2n) is 20.3. The highest BCUT2D eigenvalue weighted by atomic mass is 16.3. The first-order chi connectivity index (χ1) is 37.3. The highest BCUT2D eigenvalue weighted by Crippen LogP contribution is 2.58. The molecule has 0 aliphatic carbocycles. The number of rotatable bonds is 9. The van der Waals surface area contributed by atoms with Crippen molar-refractivity contribution in [3.8, 4) is 0 Å². The monoisotopic (exact) mass is 979 g/mol. The summed E-state index contributed by atoms with van der Waals surface area (Å²) in [5, 5.41) is 4.38. The van der Waals surface area contributed by atoms with Gasteiger partial charge in [-0.25, -0.2) is 0 Å². The summed E-state index contributed by atoms with van der Waals surface area (Å²) in [7, 11) is 0. The van der Waals surface area contributed by atoms with Crippen LogP contribution in [-0.2, 0) is 5.41 Å². The Morgan fingerprint density at radius 3 is 1.22 bits per heavy atom. The van der Waals surface area contributed by atoms with Crippen LogP contribution in [0, 0.1) is 27.7 Å². The number of hydrogen-bond acceptors (Lipinski definition) is 5. The molecule has 0 saturated heterocycles. The molecule has 5 heteroatoms. The number of nitrogens with zero attached hydrogens (tertiary/aromatic N) is 3. The first kappa shape index (κ1) is 45.1. The lowest BCUT2D eigenvalue weighted by molar-refractivity contribution is 0.668. The first-order valence-electron chi connectivity index (χ1n) is 26.2. The Bertz CT molecular complexity index is 4100. The largest absolute Gasteiger partial charge is 0.454 e. The van der Waals surface area contributed by atoms with E-state index in [1.165, 1.54) is 33.4 Å². The minimum atomic E-state index is -0.763. The first-order valence-corrected chi connectivity index (χ1v) is 26.2. The average molecular weight is 980 g/mol. The van der Waals surface area contributed by atoms with E-state index < -0.39 is 5.41 Å². The summed E-state index contributed by atoms with van der Waals surface area (Å²) in [5.74, 6) is 0. The fourth-order valence-corrected chi connectivity index (χ4v) is 12.2. The van der Waals surface area contributed by atoms with E-state index in [4.69, 9.17) is 8.83 Å². The van der Waals surface area contributed by atoms with Gasteiger partial charge in [0.25, 0.3) is 0 Å². The van der Waals surface area contributed by atoms with Crippen molar-refractivity contribution >= 4 is 95.1 Å². The summed E-state index contributed by atoms with van der Waals surface area (Å²) < 4.78 is 13.5. The number of aryl methyl sites for hydroxylation is 4. The highest BCUT2D eigenvalue weighted by molar-refractivity contribution is 6.11. The van der Waals surface area contributed by atoms with Crippen LogP contribution < -0.4 is 14.7 Å². The Morgan fingerprint density at radius 1 is 0.342 bits per heavy atom. The van der Waals surface area contributed by atoms with Crippen LogP contribution in [0.1, 0.15) is 44.5 Å². The Kier molecular flexibility index (Phi) is 10.6. The van der Waals surface area contributed by atoms with Crippen LogP contribution in [0.5, 0.6) is 0 Å². The van der Waals surface area contributed by atoms with Gasteiger partial charge in [-0.1, -0.05) is 164 Å². The molecule has 0 fully saturated rings. The van der Waals surface area contributed by atoms with Gasteiger partial charge in [0.1, 0.15) is 11.2 Å². The summed E-state index contributed by atoms with van der Waals surface area (Å²) >= 11 is 0. The Labute approximate surface area is 442 Å². The van der Waals surface area contributed by atoms with Crippen LogP contribution in [0.4, 0.5) is 51.2 Å². The Morgan fingerprint density at radius 2 is 0.750 bits per heavy atom. The topological polar surface area (TPSA) is 36.0 Å². The van der Waals surface area contributed by atoms with E-state index in [1.54, 1.807) is 0 Å². The molecule has 364 valence electrons. The molecule has 0 N–H and O–H groups in total. The van der Waals surface area contributed by atoms with Gasteiger partial charge in [-0.05, 0) is 157 Å². The summed E-state index contributed by atoms with van der Waals surface area (Å²) in [4.78, 5) is 7.18. The molecule has 13 aromatic rings. The lowest BCUT2D eigenvalue weighted by atomic mass is 9.62. The van der Waals surface area contributed by atoms with Gasteiger partial charge in [0.15, 0.2) is 11.2 Å². The van der Waals surface area contributed by atoms with E-state index in [9.17, 15) is 0 Å². The summed E-state index contributed by atoms with van der Waals surface area (Å²) in [6, 6.07) is 90.4. The zero-order chi connectivity index (χ0) is 51.1. The van der Waals surface area contributed by atoms with Crippen molar-refractivity contribution in [3.63, 3.8) is 0 Å². The molecule has 14 rings (SSSR count). The van der Waals surface area contributed by atoms with Crippen LogP contribution in [0.15, 0.2) is 258 Å². The minimum absolute atomic E-state index is 0.763. The second-order valence-corrected chi connectivity index (χ2v) is 20.3. The molecule has 11 aromatic carbocycles. The normalized spacial score (nSPS) is 12.8. The van der Waals surface area contributed by atoms with Crippen molar-refractivity contribution in [2.24, 2.45) is 0 Å². The van der Waals surface area contributed by atoms with Gasteiger partial charge >= 0.3 is 0 Å². The molecule has 1 aliphatic heterocycles. The molecule has 76 heavy (non-hydrogen) atoms. The SMILES string of the molecule is Cc1ccc(C)c(N(c2ccc(C3(c4ccc(N(c5cc(C)ccc5C)c5cccc6c5oc5ccccc56)cc4)c4ccccc4N(c4ccccc4)c4ccccc43)cc2)c2cccc3c2oc2ccccc23)c1. The molecule has 0 atom stereocenters. The van der Waals surface area contributed by atoms with Crippen LogP contribution in [0.2, 0.25) is 0 Å². The van der Waals surface area contributed by atoms with Crippen molar-refractivity contribution in [1.29, 1.82) is 0 Å². The molecule has 1 aliphatic rings. The zero-order valence-electron chi connectivity index (χ0n) is 42.8.